The Morgan fingerprint density at radius 3 is 2.73 bits per heavy atom. The Hall–Kier alpha value is -1.36. The van der Waals surface area contributed by atoms with Crippen LogP contribution in [0.4, 0.5) is 13.2 Å². The normalized spacial score (nSPS) is 14.4. The third-order valence-corrected chi connectivity index (χ3v) is 1.81. The van der Waals surface area contributed by atoms with Crippen LogP contribution in [0.1, 0.15) is 12.0 Å². The molecule has 0 bridgehead atoms. The molecule has 0 aliphatic heterocycles. The first kappa shape index (κ1) is 11.7. The molecule has 0 aliphatic rings. The number of rotatable bonds is 3. The summed E-state index contributed by atoms with van der Waals surface area (Å²) in [4.78, 5) is 3.83. The first-order valence-electron chi connectivity index (χ1n) is 4.39. The summed E-state index contributed by atoms with van der Waals surface area (Å²) in [5, 5.41) is 0. The third-order valence-electron chi connectivity index (χ3n) is 1.81. The van der Waals surface area contributed by atoms with Crippen molar-refractivity contribution in [2.75, 3.05) is 0 Å². The van der Waals surface area contributed by atoms with Crippen LogP contribution in [-0.4, -0.2) is 17.2 Å². The van der Waals surface area contributed by atoms with Gasteiger partial charge in [0, 0.05) is 12.4 Å². The Labute approximate surface area is 85.6 Å². The van der Waals surface area contributed by atoms with E-state index >= 15 is 0 Å². The molecule has 0 saturated heterocycles. The van der Waals surface area contributed by atoms with E-state index < -0.39 is 12.2 Å². The number of pyridine rings is 1. The summed E-state index contributed by atoms with van der Waals surface area (Å²) in [7, 11) is 0. The molecule has 1 atom stereocenters. The van der Waals surface area contributed by atoms with E-state index in [1.54, 1.807) is 30.6 Å². The fraction of sp³-hybridized carbons (Fsp3) is 0.300. The zero-order valence-electron chi connectivity index (χ0n) is 7.91. The lowest BCUT2D eigenvalue weighted by Crippen LogP contribution is -2.36. The highest BCUT2D eigenvalue weighted by Crippen LogP contribution is 2.20. The molecule has 0 amide bonds. The Bertz CT molecular complexity index is 319. The fourth-order valence-electron chi connectivity index (χ4n) is 0.959. The summed E-state index contributed by atoms with van der Waals surface area (Å²) < 4.78 is 36.0. The second kappa shape index (κ2) is 4.93. The molecule has 1 rings (SSSR count). The molecule has 0 radical (unpaired) electrons. The summed E-state index contributed by atoms with van der Waals surface area (Å²) in [6, 6.07) is 1.66. The first-order valence-corrected chi connectivity index (χ1v) is 4.39. The summed E-state index contributed by atoms with van der Waals surface area (Å²) in [5.41, 5.74) is 5.68. The quantitative estimate of drug-likeness (QED) is 0.842. The zero-order valence-corrected chi connectivity index (χ0v) is 7.91. The highest BCUT2D eigenvalue weighted by atomic mass is 19.4. The number of aromatic nitrogens is 1. The molecule has 0 aromatic carbocycles. The zero-order chi connectivity index (χ0) is 11.3. The highest BCUT2D eigenvalue weighted by molar-refractivity contribution is 5.47. The lowest BCUT2D eigenvalue weighted by molar-refractivity contribution is -0.146. The van der Waals surface area contributed by atoms with Crippen molar-refractivity contribution in [2.24, 2.45) is 5.73 Å². The van der Waals surface area contributed by atoms with Gasteiger partial charge in [-0.2, -0.15) is 13.2 Å². The predicted molar refractivity (Wildman–Crippen MR) is 51.9 cm³/mol. The molecule has 2 N–H and O–H groups in total. The van der Waals surface area contributed by atoms with Crippen molar-refractivity contribution >= 4 is 6.08 Å². The maximum Gasteiger partial charge on any atom is 0.403 e. The van der Waals surface area contributed by atoms with Gasteiger partial charge in [0.15, 0.2) is 0 Å². The van der Waals surface area contributed by atoms with Gasteiger partial charge in [-0.25, -0.2) is 0 Å². The average molecular weight is 216 g/mol. The van der Waals surface area contributed by atoms with Crippen molar-refractivity contribution in [3.63, 3.8) is 0 Å². The average Bonchev–Trinajstić information content (AvgIpc) is 2.18. The van der Waals surface area contributed by atoms with Crippen LogP contribution in [0.2, 0.25) is 0 Å². The molecule has 2 nitrogen and oxygen atoms in total. The Morgan fingerprint density at radius 2 is 2.20 bits per heavy atom. The van der Waals surface area contributed by atoms with Crippen molar-refractivity contribution in [2.45, 2.75) is 18.6 Å². The lowest BCUT2D eigenvalue weighted by atomic mass is 10.2. The number of nitrogens with two attached hydrogens (primary N) is 1. The van der Waals surface area contributed by atoms with Gasteiger partial charge in [0.05, 0.1) is 0 Å². The van der Waals surface area contributed by atoms with Crippen molar-refractivity contribution in [1.29, 1.82) is 0 Å². The van der Waals surface area contributed by atoms with Crippen molar-refractivity contribution in [3.8, 4) is 0 Å². The van der Waals surface area contributed by atoms with E-state index in [4.69, 9.17) is 5.73 Å². The monoisotopic (exact) mass is 216 g/mol. The molecular weight excluding hydrogens is 205 g/mol. The van der Waals surface area contributed by atoms with Crippen molar-refractivity contribution in [1.82, 2.24) is 4.98 Å². The van der Waals surface area contributed by atoms with Gasteiger partial charge >= 0.3 is 6.18 Å². The number of alkyl halides is 3. The lowest BCUT2D eigenvalue weighted by Gasteiger charge is -2.12. The molecule has 1 heterocycles. The molecule has 1 unspecified atom stereocenters. The molecular formula is C10H11F3N2. The minimum Gasteiger partial charge on any atom is -0.320 e. The highest BCUT2D eigenvalue weighted by Gasteiger charge is 2.35. The molecule has 0 spiro atoms. The van der Waals surface area contributed by atoms with Gasteiger partial charge in [-0.1, -0.05) is 18.2 Å². The van der Waals surface area contributed by atoms with E-state index in [9.17, 15) is 13.2 Å². The molecule has 15 heavy (non-hydrogen) atoms. The van der Waals surface area contributed by atoms with E-state index in [1.807, 2.05) is 0 Å². The molecule has 0 saturated carbocycles. The molecule has 0 aliphatic carbocycles. The van der Waals surface area contributed by atoms with Crippen LogP contribution in [0.15, 0.2) is 30.6 Å². The summed E-state index contributed by atoms with van der Waals surface area (Å²) in [5.74, 6) is 0. The van der Waals surface area contributed by atoms with Crippen LogP contribution in [-0.2, 0) is 0 Å². The van der Waals surface area contributed by atoms with E-state index in [0.717, 1.165) is 5.56 Å². The van der Waals surface area contributed by atoms with Crippen LogP contribution in [0.5, 0.6) is 0 Å². The molecule has 5 heteroatoms. The largest absolute Gasteiger partial charge is 0.403 e. The number of halogens is 3. The van der Waals surface area contributed by atoms with Gasteiger partial charge in [0.25, 0.3) is 0 Å². The Morgan fingerprint density at radius 1 is 1.47 bits per heavy atom. The van der Waals surface area contributed by atoms with E-state index in [-0.39, 0.29) is 6.42 Å². The van der Waals surface area contributed by atoms with Gasteiger partial charge < -0.3 is 5.73 Å². The summed E-state index contributed by atoms with van der Waals surface area (Å²) in [6.07, 6.45) is 1.57. The minimum atomic E-state index is -4.33. The van der Waals surface area contributed by atoms with Gasteiger partial charge in [0.1, 0.15) is 6.04 Å². The van der Waals surface area contributed by atoms with E-state index in [2.05, 4.69) is 4.98 Å². The Balaban J connectivity index is 2.48. The standard InChI is InChI=1S/C10H11F3N2/c11-10(12,13)9(14)5-1-3-8-4-2-6-15-7-8/h1-4,6-7,9H,5,14H2. The summed E-state index contributed by atoms with van der Waals surface area (Å²) >= 11 is 0. The van der Waals surface area contributed by atoms with Gasteiger partial charge in [-0.15, -0.1) is 0 Å². The van der Waals surface area contributed by atoms with Crippen LogP contribution in [0.25, 0.3) is 6.08 Å². The molecule has 0 fully saturated rings. The van der Waals surface area contributed by atoms with Gasteiger partial charge in [-0.05, 0) is 18.1 Å². The third kappa shape index (κ3) is 4.12. The van der Waals surface area contributed by atoms with Crippen LogP contribution in [0.3, 0.4) is 0 Å². The number of nitrogens with zero attached hydrogens (tertiary/aromatic N) is 1. The van der Waals surface area contributed by atoms with E-state index in [0.29, 0.717) is 0 Å². The first-order chi connectivity index (χ1) is 7.00. The minimum absolute atomic E-state index is 0.224. The van der Waals surface area contributed by atoms with Crippen molar-refractivity contribution < 1.29 is 13.2 Å². The smallest absolute Gasteiger partial charge is 0.320 e. The second-order valence-electron chi connectivity index (χ2n) is 3.07. The second-order valence-corrected chi connectivity index (χ2v) is 3.07. The predicted octanol–water partition coefficient (Wildman–Crippen LogP) is 2.37. The maximum absolute atomic E-state index is 12.0. The molecule has 1 aromatic rings. The van der Waals surface area contributed by atoms with Gasteiger partial charge in [-0.3, -0.25) is 4.98 Å². The van der Waals surface area contributed by atoms with Crippen molar-refractivity contribution in [3.05, 3.63) is 36.2 Å². The molecule has 82 valence electrons. The SMILES string of the molecule is NC(CC=Cc1cccnc1)C(F)(F)F. The fourth-order valence-corrected chi connectivity index (χ4v) is 0.959. The van der Waals surface area contributed by atoms with E-state index in [1.165, 1.54) is 6.08 Å². The van der Waals surface area contributed by atoms with Crippen LogP contribution < -0.4 is 5.73 Å². The van der Waals surface area contributed by atoms with Crippen LogP contribution in [0, 0.1) is 0 Å². The van der Waals surface area contributed by atoms with Gasteiger partial charge in [0.2, 0.25) is 0 Å². The number of hydrogen-bond acceptors (Lipinski definition) is 2. The maximum atomic E-state index is 12.0. The topological polar surface area (TPSA) is 38.9 Å². The number of hydrogen-bond donors (Lipinski definition) is 1. The summed E-state index contributed by atoms with van der Waals surface area (Å²) in [6.45, 7) is 0. The van der Waals surface area contributed by atoms with Crippen LogP contribution >= 0.6 is 0 Å². The Kier molecular flexibility index (Phi) is 3.85. The molecule has 1 aromatic heterocycles.